The van der Waals surface area contributed by atoms with Crippen LogP contribution in [-0.2, 0) is 4.79 Å². The molecule has 2 rings (SSSR count). The number of aryl methyl sites for hydroxylation is 1. The Hall–Kier alpha value is -1.86. The van der Waals surface area contributed by atoms with E-state index in [9.17, 15) is 14.7 Å². The second-order valence-corrected chi connectivity index (χ2v) is 5.24. The van der Waals surface area contributed by atoms with E-state index in [4.69, 9.17) is 10.2 Å². The molecular weight excluding hydrogens is 328 g/mol. The molecule has 1 aromatic carbocycles. The Balaban J connectivity index is 2.22. The lowest BCUT2D eigenvalue weighted by Gasteiger charge is -2.07. The van der Waals surface area contributed by atoms with Crippen molar-refractivity contribution in [2.24, 2.45) is 5.73 Å². The van der Waals surface area contributed by atoms with Gasteiger partial charge in [-0.25, -0.2) is 0 Å². The van der Waals surface area contributed by atoms with Crippen molar-refractivity contribution in [3.8, 4) is 0 Å². The molecule has 106 valence electrons. The highest BCUT2D eigenvalue weighted by Gasteiger charge is 2.19. The minimum absolute atomic E-state index is 0.148. The van der Waals surface area contributed by atoms with E-state index >= 15 is 0 Å². The molecule has 4 N–H and O–H groups in total. The van der Waals surface area contributed by atoms with E-state index in [0.717, 1.165) is 9.86 Å². The van der Waals surface area contributed by atoms with Gasteiger partial charge >= 0.3 is 0 Å². The third-order valence-corrected chi connectivity index (χ3v) is 3.38. The molecule has 1 unspecified atom stereocenters. The van der Waals surface area contributed by atoms with Crippen molar-refractivity contribution in [3.63, 3.8) is 0 Å². The molecule has 0 aliphatic rings. The van der Waals surface area contributed by atoms with E-state index in [-0.39, 0.29) is 12.3 Å². The number of aliphatic hydroxyl groups excluding tert-OH is 1. The highest BCUT2D eigenvalue weighted by atomic mass is 79.9. The number of rotatable bonds is 4. The van der Waals surface area contributed by atoms with Gasteiger partial charge in [-0.15, -0.1) is 0 Å². The number of benzene rings is 1. The largest absolute Gasteiger partial charge is 0.451 e. The molecule has 0 radical (unpaired) electrons. The molecule has 1 atom stereocenters. The Labute approximate surface area is 123 Å². The molecule has 0 aliphatic heterocycles. The van der Waals surface area contributed by atoms with Gasteiger partial charge in [-0.2, -0.15) is 0 Å². The molecule has 1 heterocycles. The lowest BCUT2D eigenvalue weighted by molar-refractivity contribution is -0.125. The van der Waals surface area contributed by atoms with Crippen LogP contribution < -0.4 is 11.1 Å². The van der Waals surface area contributed by atoms with Crippen LogP contribution in [0.2, 0.25) is 0 Å². The number of halogens is 1. The normalized spacial score (nSPS) is 12.3. The zero-order valence-electron chi connectivity index (χ0n) is 10.6. The maximum absolute atomic E-state index is 12.0. The first-order chi connectivity index (χ1) is 9.40. The van der Waals surface area contributed by atoms with E-state index in [1.54, 1.807) is 13.0 Å². The average molecular weight is 341 g/mol. The summed E-state index contributed by atoms with van der Waals surface area (Å²) >= 11 is 3.35. The summed E-state index contributed by atoms with van der Waals surface area (Å²) < 4.78 is 6.36. The molecular formula is C13H13BrN2O4. The molecule has 7 heteroatoms. The number of aliphatic hydroxyl groups is 1. The smallest absolute Gasteiger partial charge is 0.287 e. The zero-order chi connectivity index (χ0) is 14.9. The first kappa shape index (κ1) is 14.5. The fourth-order valence-electron chi connectivity index (χ4n) is 1.78. The predicted molar refractivity (Wildman–Crippen MR) is 76.2 cm³/mol. The topological polar surface area (TPSA) is 106 Å². The van der Waals surface area contributed by atoms with Crippen LogP contribution in [0.5, 0.6) is 0 Å². The Morgan fingerprint density at radius 3 is 2.85 bits per heavy atom. The molecule has 6 nitrogen and oxygen atoms in total. The number of carbonyl (C=O) groups is 2. The van der Waals surface area contributed by atoms with Crippen molar-refractivity contribution >= 4 is 38.7 Å². The number of primary amides is 1. The summed E-state index contributed by atoms with van der Waals surface area (Å²) in [4.78, 5) is 22.7. The maximum Gasteiger partial charge on any atom is 0.287 e. The van der Waals surface area contributed by atoms with E-state index < -0.39 is 17.9 Å². The van der Waals surface area contributed by atoms with Gasteiger partial charge in [-0.1, -0.05) is 15.9 Å². The van der Waals surface area contributed by atoms with E-state index in [1.165, 1.54) is 0 Å². The van der Waals surface area contributed by atoms with Crippen molar-refractivity contribution in [3.05, 3.63) is 34.0 Å². The zero-order valence-corrected chi connectivity index (χ0v) is 12.2. The van der Waals surface area contributed by atoms with Crippen LogP contribution in [0, 0.1) is 6.92 Å². The number of fused-ring (bicyclic) bond motifs is 1. The molecule has 0 saturated carbocycles. The standard InChI is InChI=1S/C13H13BrN2O4/c1-6-8-4-7(14)2-3-10(8)20-11(6)13(19)16-5-9(17)12(15)18/h2-4,9,17H,5H2,1H3,(H2,15,18)(H,16,19). The summed E-state index contributed by atoms with van der Waals surface area (Å²) in [5.74, 6) is -1.25. The lowest BCUT2D eigenvalue weighted by atomic mass is 10.1. The van der Waals surface area contributed by atoms with Crippen molar-refractivity contribution in [1.29, 1.82) is 0 Å². The molecule has 0 fully saturated rings. The molecule has 2 amide bonds. The van der Waals surface area contributed by atoms with E-state index in [0.29, 0.717) is 11.1 Å². The number of furan rings is 1. The maximum atomic E-state index is 12.0. The lowest BCUT2D eigenvalue weighted by Crippen LogP contribution is -2.40. The summed E-state index contributed by atoms with van der Waals surface area (Å²) in [5.41, 5.74) is 6.18. The monoisotopic (exact) mass is 340 g/mol. The van der Waals surface area contributed by atoms with Crippen LogP contribution in [0.15, 0.2) is 27.1 Å². The molecule has 20 heavy (non-hydrogen) atoms. The number of nitrogens with one attached hydrogen (secondary N) is 1. The molecule has 0 saturated heterocycles. The summed E-state index contributed by atoms with van der Waals surface area (Å²) in [7, 11) is 0. The summed E-state index contributed by atoms with van der Waals surface area (Å²) in [6.45, 7) is 1.51. The van der Waals surface area contributed by atoms with E-state index in [2.05, 4.69) is 21.2 Å². The summed E-state index contributed by atoms with van der Waals surface area (Å²) in [6, 6.07) is 5.41. The Morgan fingerprint density at radius 2 is 2.20 bits per heavy atom. The van der Waals surface area contributed by atoms with Crippen molar-refractivity contribution in [2.75, 3.05) is 6.54 Å². The minimum Gasteiger partial charge on any atom is -0.451 e. The number of nitrogens with two attached hydrogens (primary N) is 1. The second kappa shape index (κ2) is 5.64. The third kappa shape index (κ3) is 2.83. The Morgan fingerprint density at radius 1 is 1.50 bits per heavy atom. The number of hydrogen-bond acceptors (Lipinski definition) is 4. The van der Waals surface area contributed by atoms with Gasteiger partial charge in [0.25, 0.3) is 5.91 Å². The third-order valence-electron chi connectivity index (χ3n) is 2.89. The molecule has 0 spiro atoms. The number of carbonyl (C=O) groups excluding carboxylic acids is 2. The van der Waals surface area contributed by atoms with Crippen LogP contribution in [0.3, 0.4) is 0 Å². The van der Waals surface area contributed by atoms with Crippen LogP contribution in [0.4, 0.5) is 0 Å². The van der Waals surface area contributed by atoms with Gasteiger partial charge in [0.15, 0.2) is 5.76 Å². The second-order valence-electron chi connectivity index (χ2n) is 4.32. The predicted octanol–water partition coefficient (Wildman–Crippen LogP) is 1.08. The van der Waals surface area contributed by atoms with Gasteiger partial charge in [-0.05, 0) is 25.1 Å². The van der Waals surface area contributed by atoms with Crippen molar-refractivity contribution in [2.45, 2.75) is 13.0 Å². The van der Waals surface area contributed by atoms with Crippen LogP contribution in [0.1, 0.15) is 16.1 Å². The Kier molecular flexibility index (Phi) is 4.10. The van der Waals surface area contributed by atoms with E-state index in [1.807, 2.05) is 12.1 Å². The SMILES string of the molecule is Cc1c(C(=O)NCC(O)C(N)=O)oc2ccc(Br)cc12. The number of amides is 2. The molecule has 0 aliphatic carbocycles. The van der Waals surface area contributed by atoms with Gasteiger partial charge in [0.2, 0.25) is 5.91 Å². The van der Waals surface area contributed by atoms with Crippen molar-refractivity contribution in [1.82, 2.24) is 5.32 Å². The van der Waals surface area contributed by atoms with Crippen LogP contribution in [0.25, 0.3) is 11.0 Å². The van der Waals surface area contributed by atoms with Gasteiger partial charge in [-0.3, -0.25) is 9.59 Å². The highest BCUT2D eigenvalue weighted by Crippen LogP contribution is 2.27. The van der Waals surface area contributed by atoms with Gasteiger partial charge in [0.05, 0.1) is 6.54 Å². The van der Waals surface area contributed by atoms with Gasteiger partial charge < -0.3 is 20.6 Å². The first-order valence-corrected chi connectivity index (χ1v) is 6.63. The van der Waals surface area contributed by atoms with Crippen LogP contribution in [-0.4, -0.2) is 29.6 Å². The average Bonchev–Trinajstić information content (AvgIpc) is 2.73. The molecule has 1 aromatic heterocycles. The minimum atomic E-state index is -1.42. The van der Waals surface area contributed by atoms with Gasteiger partial charge in [0, 0.05) is 15.4 Å². The van der Waals surface area contributed by atoms with Gasteiger partial charge in [0.1, 0.15) is 11.7 Å². The highest BCUT2D eigenvalue weighted by molar-refractivity contribution is 9.10. The fraction of sp³-hybridized carbons (Fsp3) is 0.231. The Bertz CT molecular complexity index is 680. The first-order valence-electron chi connectivity index (χ1n) is 5.84. The quantitative estimate of drug-likeness (QED) is 0.774. The molecule has 0 bridgehead atoms. The van der Waals surface area contributed by atoms with Crippen LogP contribution >= 0.6 is 15.9 Å². The molecule has 2 aromatic rings. The summed E-state index contributed by atoms with van der Waals surface area (Å²) in [5, 5.41) is 12.5. The number of hydrogen-bond donors (Lipinski definition) is 3. The van der Waals surface area contributed by atoms with Crippen molar-refractivity contribution < 1.29 is 19.1 Å². The fourth-order valence-corrected chi connectivity index (χ4v) is 2.14. The summed E-state index contributed by atoms with van der Waals surface area (Å²) in [6.07, 6.45) is -1.42.